The second-order valence-corrected chi connectivity index (χ2v) is 4.15. The number of nitrogens with zero attached hydrogens (tertiary/aromatic N) is 1. The number of rotatable bonds is 6. The Bertz CT molecular complexity index is 327. The van der Waals surface area contributed by atoms with E-state index in [9.17, 15) is 5.11 Å². The Kier molecular flexibility index (Phi) is 5.08. The van der Waals surface area contributed by atoms with Gasteiger partial charge in [-0.3, -0.25) is 0 Å². The van der Waals surface area contributed by atoms with E-state index in [0.29, 0.717) is 6.54 Å². The van der Waals surface area contributed by atoms with E-state index in [1.54, 1.807) is 12.1 Å². The Labute approximate surface area is 96.5 Å². The fourth-order valence-corrected chi connectivity index (χ4v) is 1.45. The normalized spacial score (nSPS) is 10.9. The molecule has 1 rings (SSSR count). The highest BCUT2D eigenvalue weighted by molar-refractivity contribution is 5.38. The lowest BCUT2D eigenvalue weighted by atomic mass is 10.2. The van der Waals surface area contributed by atoms with Crippen LogP contribution in [-0.2, 0) is 6.54 Å². The van der Waals surface area contributed by atoms with Crippen LogP contribution in [0.25, 0.3) is 0 Å². The maximum atomic E-state index is 9.53. The van der Waals surface area contributed by atoms with Crippen LogP contribution in [0.5, 0.6) is 11.5 Å². The Morgan fingerprint density at radius 2 is 2.00 bits per heavy atom. The molecule has 4 heteroatoms. The van der Waals surface area contributed by atoms with E-state index in [4.69, 9.17) is 5.11 Å². The summed E-state index contributed by atoms with van der Waals surface area (Å²) in [6.45, 7) is 2.59. The molecule has 0 aromatic heterocycles. The van der Waals surface area contributed by atoms with Crippen molar-refractivity contribution in [3.8, 4) is 11.5 Å². The van der Waals surface area contributed by atoms with Crippen molar-refractivity contribution >= 4 is 0 Å². The van der Waals surface area contributed by atoms with E-state index in [1.165, 1.54) is 6.07 Å². The molecule has 0 unspecified atom stereocenters. The Hall–Kier alpha value is -1.26. The molecule has 0 bridgehead atoms. The first-order valence-electron chi connectivity index (χ1n) is 5.46. The highest BCUT2D eigenvalue weighted by atomic mass is 16.3. The monoisotopic (exact) mass is 224 g/mol. The summed E-state index contributed by atoms with van der Waals surface area (Å²) in [5.41, 5.74) is 0.808. The molecular weight excluding hydrogens is 204 g/mol. The maximum Gasteiger partial charge on any atom is 0.123 e. The summed E-state index contributed by atoms with van der Waals surface area (Å²) in [5.74, 6) is 0.231. The van der Waals surface area contributed by atoms with Gasteiger partial charge in [-0.1, -0.05) is 6.07 Å². The van der Waals surface area contributed by atoms with Gasteiger partial charge in [-0.15, -0.1) is 0 Å². The zero-order valence-electron chi connectivity index (χ0n) is 9.90. The fourth-order valence-electron chi connectivity index (χ4n) is 1.45. The molecule has 0 radical (unpaired) electrons. The first-order chi connectivity index (χ1) is 7.59. The SMILES string of the molecule is CN(C)CCCNCc1ccc(O)cc1O. The van der Waals surface area contributed by atoms with Crippen molar-refractivity contribution in [2.45, 2.75) is 13.0 Å². The van der Waals surface area contributed by atoms with Crippen LogP contribution in [0, 0.1) is 0 Å². The molecule has 0 aliphatic rings. The summed E-state index contributed by atoms with van der Waals surface area (Å²) in [7, 11) is 4.09. The molecule has 0 spiro atoms. The first kappa shape index (κ1) is 12.8. The Morgan fingerprint density at radius 1 is 1.25 bits per heavy atom. The second kappa shape index (κ2) is 6.35. The van der Waals surface area contributed by atoms with Gasteiger partial charge in [0.1, 0.15) is 11.5 Å². The van der Waals surface area contributed by atoms with Crippen LogP contribution in [-0.4, -0.2) is 42.3 Å². The molecule has 16 heavy (non-hydrogen) atoms. The molecule has 3 N–H and O–H groups in total. The molecule has 0 atom stereocenters. The molecule has 1 aromatic carbocycles. The van der Waals surface area contributed by atoms with Crippen molar-refractivity contribution in [1.29, 1.82) is 0 Å². The van der Waals surface area contributed by atoms with Crippen LogP contribution in [0.2, 0.25) is 0 Å². The van der Waals surface area contributed by atoms with Gasteiger partial charge < -0.3 is 20.4 Å². The van der Waals surface area contributed by atoms with Gasteiger partial charge in [0.25, 0.3) is 0 Å². The highest BCUT2D eigenvalue weighted by Gasteiger charge is 2.01. The summed E-state index contributed by atoms with van der Waals surface area (Å²) < 4.78 is 0. The summed E-state index contributed by atoms with van der Waals surface area (Å²) in [6.07, 6.45) is 1.08. The highest BCUT2D eigenvalue weighted by Crippen LogP contribution is 2.21. The van der Waals surface area contributed by atoms with E-state index in [1.807, 2.05) is 14.1 Å². The van der Waals surface area contributed by atoms with Gasteiger partial charge in [-0.25, -0.2) is 0 Å². The third kappa shape index (κ3) is 4.51. The van der Waals surface area contributed by atoms with Gasteiger partial charge in [-0.05, 0) is 39.7 Å². The van der Waals surface area contributed by atoms with E-state index >= 15 is 0 Å². The van der Waals surface area contributed by atoms with Crippen LogP contribution in [0.3, 0.4) is 0 Å². The van der Waals surface area contributed by atoms with Crippen molar-refractivity contribution in [3.63, 3.8) is 0 Å². The average Bonchev–Trinajstić information content (AvgIpc) is 2.20. The van der Waals surface area contributed by atoms with Gasteiger partial charge in [0.15, 0.2) is 0 Å². The molecule has 90 valence electrons. The van der Waals surface area contributed by atoms with E-state index in [2.05, 4.69) is 10.2 Å². The lowest BCUT2D eigenvalue weighted by molar-refractivity contribution is 0.393. The third-order valence-electron chi connectivity index (χ3n) is 2.34. The summed E-state index contributed by atoms with van der Waals surface area (Å²) in [6, 6.07) is 4.66. The lowest BCUT2D eigenvalue weighted by Crippen LogP contribution is -2.21. The zero-order chi connectivity index (χ0) is 12.0. The maximum absolute atomic E-state index is 9.53. The standard InChI is InChI=1S/C12H20N2O2/c1-14(2)7-3-6-13-9-10-4-5-11(15)8-12(10)16/h4-5,8,13,15-16H,3,6-7,9H2,1-2H3. The second-order valence-electron chi connectivity index (χ2n) is 4.15. The average molecular weight is 224 g/mol. The molecule has 4 nitrogen and oxygen atoms in total. The Balaban J connectivity index is 2.27. The molecule has 0 aliphatic heterocycles. The minimum atomic E-state index is 0.0915. The quantitative estimate of drug-likeness (QED) is 0.634. The first-order valence-corrected chi connectivity index (χ1v) is 5.46. The van der Waals surface area contributed by atoms with Crippen molar-refractivity contribution in [2.24, 2.45) is 0 Å². The van der Waals surface area contributed by atoms with Gasteiger partial charge >= 0.3 is 0 Å². The minimum absolute atomic E-state index is 0.0915. The third-order valence-corrected chi connectivity index (χ3v) is 2.34. The van der Waals surface area contributed by atoms with Gasteiger partial charge in [0, 0.05) is 18.2 Å². The number of hydrogen-bond acceptors (Lipinski definition) is 4. The number of benzene rings is 1. The molecular formula is C12H20N2O2. The van der Waals surface area contributed by atoms with Crippen LogP contribution in [0.4, 0.5) is 0 Å². The lowest BCUT2D eigenvalue weighted by Gasteiger charge is -2.10. The van der Waals surface area contributed by atoms with Gasteiger partial charge in [0.05, 0.1) is 0 Å². The van der Waals surface area contributed by atoms with Crippen LogP contribution in [0.1, 0.15) is 12.0 Å². The van der Waals surface area contributed by atoms with E-state index < -0.39 is 0 Å². The topological polar surface area (TPSA) is 55.7 Å². The zero-order valence-corrected chi connectivity index (χ0v) is 9.90. The number of nitrogens with one attached hydrogen (secondary N) is 1. The molecule has 0 amide bonds. The largest absolute Gasteiger partial charge is 0.508 e. The van der Waals surface area contributed by atoms with Crippen LogP contribution >= 0.6 is 0 Å². The summed E-state index contributed by atoms with van der Waals surface area (Å²) in [5, 5.41) is 21.9. The predicted octanol–water partition coefficient (Wildman–Crippen LogP) is 1.14. The Morgan fingerprint density at radius 3 is 2.62 bits per heavy atom. The summed E-state index contributed by atoms with van der Waals surface area (Å²) >= 11 is 0. The molecule has 0 saturated carbocycles. The molecule has 0 fully saturated rings. The van der Waals surface area contributed by atoms with Crippen molar-refractivity contribution < 1.29 is 10.2 Å². The van der Waals surface area contributed by atoms with Crippen molar-refractivity contribution in [2.75, 3.05) is 27.2 Å². The van der Waals surface area contributed by atoms with E-state index in [0.717, 1.165) is 25.1 Å². The van der Waals surface area contributed by atoms with E-state index in [-0.39, 0.29) is 11.5 Å². The number of phenols is 2. The van der Waals surface area contributed by atoms with Gasteiger partial charge in [-0.2, -0.15) is 0 Å². The van der Waals surface area contributed by atoms with Crippen LogP contribution in [0.15, 0.2) is 18.2 Å². The van der Waals surface area contributed by atoms with Crippen molar-refractivity contribution in [1.82, 2.24) is 10.2 Å². The predicted molar refractivity (Wildman–Crippen MR) is 64.6 cm³/mol. The minimum Gasteiger partial charge on any atom is -0.508 e. The number of aromatic hydroxyl groups is 2. The molecule has 1 aromatic rings. The van der Waals surface area contributed by atoms with Gasteiger partial charge in [0.2, 0.25) is 0 Å². The molecule has 0 aliphatic carbocycles. The van der Waals surface area contributed by atoms with Crippen LogP contribution < -0.4 is 5.32 Å². The fraction of sp³-hybridized carbons (Fsp3) is 0.500. The molecule has 0 saturated heterocycles. The molecule has 0 heterocycles. The van der Waals surface area contributed by atoms with Crippen molar-refractivity contribution in [3.05, 3.63) is 23.8 Å². The summed E-state index contributed by atoms with van der Waals surface area (Å²) in [4.78, 5) is 2.14. The number of hydrogen-bond donors (Lipinski definition) is 3. The number of phenolic OH excluding ortho intramolecular Hbond substituents is 2. The smallest absolute Gasteiger partial charge is 0.123 e.